The molecular weight excluding hydrogens is 382 g/mol. The first-order valence-corrected chi connectivity index (χ1v) is 10.1. The van der Waals surface area contributed by atoms with E-state index in [0.717, 1.165) is 49.6 Å². The zero-order chi connectivity index (χ0) is 20.8. The number of benzene rings is 3. The second-order valence-electron chi connectivity index (χ2n) is 7.52. The van der Waals surface area contributed by atoms with Crippen molar-refractivity contribution in [2.75, 3.05) is 0 Å². The SMILES string of the molecule is Oc1ccc(-c2cccc(-c3ccc4ccc5cccnc5c4n3)c2)c2cccnc12. The number of fused-ring (bicyclic) bond motifs is 4. The Hall–Kier alpha value is -4.31. The van der Waals surface area contributed by atoms with E-state index in [1.165, 1.54) is 0 Å². The summed E-state index contributed by atoms with van der Waals surface area (Å²) in [7, 11) is 0. The van der Waals surface area contributed by atoms with Crippen molar-refractivity contribution in [1.29, 1.82) is 0 Å². The van der Waals surface area contributed by atoms with Crippen LogP contribution < -0.4 is 0 Å². The van der Waals surface area contributed by atoms with Crippen LogP contribution in [0.4, 0.5) is 0 Å². The smallest absolute Gasteiger partial charge is 0.141 e. The molecule has 0 bridgehead atoms. The Bertz CT molecular complexity index is 1610. The molecule has 3 aromatic heterocycles. The van der Waals surface area contributed by atoms with Gasteiger partial charge in [0, 0.05) is 34.1 Å². The summed E-state index contributed by atoms with van der Waals surface area (Å²) in [6.07, 6.45) is 3.50. The molecule has 4 heteroatoms. The summed E-state index contributed by atoms with van der Waals surface area (Å²) in [5.41, 5.74) is 6.41. The van der Waals surface area contributed by atoms with Crippen LogP contribution in [-0.4, -0.2) is 20.1 Å². The highest BCUT2D eigenvalue weighted by atomic mass is 16.3. The molecule has 6 aromatic rings. The largest absolute Gasteiger partial charge is 0.506 e. The van der Waals surface area contributed by atoms with Crippen LogP contribution in [0.1, 0.15) is 0 Å². The number of phenolic OH excluding ortho intramolecular Hbond substituents is 1. The van der Waals surface area contributed by atoms with Crippen molar-refractivity contribution < 1.29 is 5.11 Å². The molecule has 0 saturated carbocycles. The minimum Gasteiger partial charge on any atom is -0.506 e. The Morgan fingerprint density at radius 3 is 2.23 bits per heavy atom. The second kappa shape index (κ2) is 6.89. The molecule has 0 unspecified atom stereocenters. The number of rotatable bonds is 2. The van der Waals surface area contributed by atoms with Gasteiger partial charge in [0.2, 0.25) is 0 Å². The molecule has 0 spiro atoms. The first-order chi connectivity index (χ1) is 15.3. The third-order valence-corrected chi connectivity index (χ3v) is 5.65. The fourth-order valence-electron chi connectivity index (χ4n) is 4.14. The van der Waals surface area contributed by atoms with Gasteiger partial charge in [-0.3, -0.25) is 9.97 Å². The van der Waals surface area contributed by atoms with E-state index in [2.05, 4.69) is 52.4 Å². The summed E-state index contributed by atoms with van der Waals surface area (Å²) in [5.74, 6) is 0.186. The maximum atomic E-state index is 10.2. The normalized spacial score (nSPS) is 11.4. The second-order valence-corrected chi connectivity index (χ2v) is 7.52. The van der Waals surface area contributed by atoms with Crippen LogP contribution in [0.5, 0.6) is 5.75 Å². The van der Waals surface area contributed by atoms with Gasteiger partial charge >= 0.3 is 0 Å². The summed E-state index contributed by atoms with van der Waals surface area (Å²) in [4.78, 5) is 13.9. The lowest BCUT2D eigenvalue weighted by atomic mass is 9.97. The van der Waals surface area contributed by atoms with Crippen molar-refractivity contribution >= 4 is 32.7 Å². The van der Waals surface area contributed by atoms with Gasteiger partial charge in [-0.05, 0) is 47.5 Å². The summed E-state index contributed by atoms with van der Waals surface area (Å²) < 4.78 is 0. The van der Waals surface area contributed by atoms with E-state index in [-0.39, 0.29) is 5.75 Å². The van der Waals surface area contributed by atoms with E-state index < -0.39 is 0 Å². The topological polar surface area (TPSA) is 58.9 Å². The van der Waals surface area contributed by atoms with Gasteiger partial charge in [0.05, 0.1) is 16.7 Å². The van der Waals surface area contributed by atoms with E-state index in [1.807, 2.05) is 36.4 Å². The summed E-state index contributed by atoms with van der Waals surface area (Å²) in [6.45, 7) is 0. The third-order valence-electron chi connectivity index (χ3n) is 5.65. The van der Waals surface area contributed by atoms with Gasteiger partial charge in [0.25, 0.3) is 0 Å². The Morgan fingerprint density at radius 1 is 0.581 bits per heavy atom. The average Bonchev–Trinajstić information content (AvgIpc) is 2.84. The van der Waals surface area contributed by atoms with Crippen molar-refractivity contribution in [3.8, 4) is 28.1 Å². The molecular formula is C27H17N3O. The first kappa shape index (κ1) is 17.5. The Balaban J connectivity index is 1.53. The summed E-state index contributed by atoms with van der Waals surface area (Å²) in [6, 6.07) is 28.1. The lowest BCUT2D eigenvalue weighted by Gasteiger charge is -2.10. The predicted octanol–water partition coefficient (Wildman–Crippen LogP) is 6.37. The number of hydrogen-bond donors (Lipinski definition) is 1. The monoisotopic (exact) mass is 399 g/mol. The van der Waals surface area contributed by atoms with Gasteiger partial charge in [-0.1, -0.05) is 48.5 Å². The van der Waals surface area contributed by atoms with Crippen LogP contribution >= 0.6 is 0 Å². The molecule has 146 valence electrons. The Morgan fingerprint density at radius 2 is 1.32 bits per heavy atom. The fourth-order valence-corrected chi connectivity index (χ4v) is 4.14. The van der Waals surface area contributed by atoms with Crippen LogP contribution in [0.15, 0.2) is 97.3 Å². The number of hydrogen-bond acceptors (Lipinski definition) is 4. The molecule has 3 heterocycles. The first-order valence-electron chi connectivity index (χ1n) is 10.1. The predicted molar refractivity (Wildman–Crippen MR) is 125 cm³/mol. The van der Waals surface area contributed by atoms with Crippen molar-refractivity contribution in [2.45, 2.75) is 0 Å². The van der Waals surface area contributed by atoms with E-state index in [4.69, 9.17) is 4.98 Å². The van der Waals surface area contributed by atoms with Crippen LogP contribution in [0.25, 0.3) is 55.1 Å². The molecule has 6 rings (SSSR count). The van der Waals surface area contributed by atoms with Gasteiger partial charge in [-0.2, -0.15) is 0 Å². The molecule has 0 saturated heterocycles. The van der Waals surface area contributed by atoms with Crippen LogP contribution in [0, 0.1) is 0 Å². The van der Waals surface area contributed by atoms with Gasteiger partial charge in [0.15, 0.2) is 0 Å². The highest BCUT2D eigenvalue weighted by Crippen LogP contribution is 2.34. The molecule has 0 aliphatic heterocycles. The van der Waals surface area contributed by atoms with Crippen LogP contribution in [0.2, 0.25) is 0 Å². The fraction of sp³-hybridized carbons (Fsp3) is 0. The lowest BCUT2D eigenvalue weighted by molar-refractivity contribution is 0.480. The molecule has 0 atom stereocenters. The quantitative estimate of drug-likeness (QED) is 0.344. The minimum absolute atomic E-state index is 0.186. The van der Waals surface area contributed by atoms with Gasteiger partial charge in [-0.25, -0.2) is 4.98 Å². The van der Waals surface area contributed by atoms with Gasteiger partial charge in [0.1, 0.15) is 11.3 Å². The molecule has 0 amide bonds. The number of pyridine rings is 3. The lowest BCUT2D eigenvalue weighted by Crippen LogP contribution is -1.90. The van der Waals surface area contributed by atoms with E-state index in [1.54, 1.807) is 18.5 Å². The molecule has 3 aromatic carbocycles. The highest BCUT2D eigenvalue weighted by Gasteiger charge is 2.10. The van der Waals surface area contributed by atoms with Crippen molar-refractivity contribution in [2.24, 2.45) is 0 Å². The maximum absolute atomic E-state index is 10.2. The number of phenols is 1. The Labute approximate surface area is 178 Å². The molecule has 31 heavy (non-hydrogen) atoms. The van der Waals surface area contributed by atoms with E-state index in [9.17, 15) is 5.11 Å². The van der Waals surface area contributed by atoms with Gasteiger partial charge in [-0.15, -0.1) is 0 Å². The Kier molecular flexibility index (Phi) is 3.90. The van der Waals surface area contributed by atoms with E-state index >= 15 is 0 Å². The van der Waals surface area contributed by atoms with Crippen LogP contribution in [-0.2, 0) is 0 Å². The number of nitrogens with zero attached hydrogens (tertiary/aromatic N) is 3. The molecule has 0 aliphatic carbocycles. The molecule has 0 fully saturated rings. The van der Waals surface area contributed by atoms with Crippen molar-refractivity contribution in [3.63, 3.8) is 0 Å². The standard InChI is InChI=1S/C27H17N3O/c31-24-13-11-21(22-7-3-15-29-27(22)24)19-4-1-5-20(16-19)23-12-10-18-9-8-17-6-2-14-28-25(17)26(18)30-23/h1-16,31H. The molecule has 0 radical (unpaired) electrons. The zero-order valence-corrected chi connectivity index (χ0v) is 16.5. The number of aromatic nitrogens is 3. The molecule has 0 aliphatic rings. The highest BCUT2D eigenvalue weighted by molar-refractivity contribution is 6.03. The molecule has 4 nitrogen and oxygen atoms in total. The third kappa shape index (κ3) is 2.89. The maximum Gasteiger partial charge on any atom is 0.141 e. The van der Waals surface area contributed by atoms with Gasteiger partial charge < -0.3 is 5.11 Å². The summed E-state index contributed by atoms with van der Waals surface area (Å²) in [5, 5.41) is 13.3. The zero-order valence-electron chi connectivity index (χ0n) is 16.5. The van der Waals surface area contributed by atoms with E-state index in [0.29, 0.717) is 5.52 Å². The minimum atomic E-state index is 0.186. The molecule has 1 N–H and O–H groups in total. The van der Waals surface area contributed by atoms with Crippen LogP contribution in [0.3, 0.4) is 0 Å². The average molecular weight is 399 g/mol. The van der Waals surface area contributed by atoms with Crippen molar-refractivity contribution in [3.05, 3.63) is 97.3 Å². The number of aromatic hydroxyl groups is 1. The van der Waals surface area contributed by atoms with Crippen molar-refractivity contribution in [1.82, 2.24) is 15.0 Å². The summed E-state index contributed by atoms with van der Waals surface area (Å²) >= 11 is 0.